The first-order valence-corrected chi connectivity index (χ1v) is 11.9. The Bertz CT molecular complexity index is 1630. The van der Waals surface area contributed by atoms with Gasteiger partial charge in [-0.2, -0.15) is 0 Å². The van der Waals surface area contributed by atoms with Gasteiger partial charge in [-0.25, -0.2) is 14.8 Å². The fourth-order valence-electron chi connectivity index (χ4n) is 4.07. The zero-order chi connectivity index (χ0) is 26.1. The van der Waals surface area contributed by atoms with Crippen molar-refractivity contribution in [3.63, 3.8) is 0 Å². The molecular formula is C28H21N3O7. The van der Waals surface area contributed by atoms with Crippen LogP contribution in [0.25, 0.3) is 33.9 Å². The van der Waals surface area contributed by atoms with Crippen molar-refractivity contribution in [1.29, 1.82) is 0 Å². The summed E-state index contributed by atoms with van der Waals surface area (Å²) in [7, 11) is 0. The summed E-state index contributed by atoms with van der Waals surface area (Å²) in [4.78, 5) is 35.3. The third-order valence-corrected chi connectivity index (χ3v) is 5.96. The van der Waals surface area contributed by atoms with Crippen LogP contribution in [0.4, 0.5) is 5.69 Å². The van der Waals surface area contributed by atoms with Crippen LogP contribution in [0.2, 0.25) is 0 Å². The summed E-state index contributed by atoms with van der Waals surface area (Å²) in [5.74, 6) is 1.07. The lowest BCUT2D eigenvalue weighted by Crippen LogP contribution is -2.32. The average Bonchev–Trinajstić information content (AvgIpc) is 3.73. The molecule has 10 nitrogen and oxygen atoms in total. The number of benzene rings is 2. The third-order valence-electron chi connectivity index (χ3n) is 5.96. The lowest BCUT2D eigenvalue weighted by Gasteiger charge is -2.16. The number of hydrogen-bond donors (Lipinski definition) is 1. The maximum Gasteiger partial charge on any atom is 0.338 e. The van der Waals surface area contributed by atoms with Gasteiger partial charge in [0.1, 0.15) is 11.4 Å². The van der Waals surface area contributed by atoms with Crippen molar-refractivity contribution >= 4 is 28.6 Å². The number of carbonyl (C=O) groups is 2. The molecule has 1 unspecified atom stereocenters. The molecule has 0 saturated carbocycles. The lowest BCUT2D eigenvalue weighted by molar-refractivity contribution is -0.124. The van der Waals surface area contributed by atoms with Crippen LogP contribution in [0.1, 0.15) is 23.7 Å². The standard InChI is InChI=1S/C28H21N3O7/c1-2-20(27(32)29-17-8-10-21-24(14-17)37-15-36-21)38-28(33)16-7-9-18-19(13-16)31-26(23-6-4-12-35-23)25(30-18)22-5-3-11-34-22/h3-14,20H,2,15H2,1H3,(H,29,32). The maximum absolute atomic E-state index is 13.0. The molecule has 0 radical (unpaired) electrons. The number of amides is 1. The van der Waals surface area contributed by atoms with Gasteiger partial charge < -0.3 is 28.4 Å². The molecule has 0 fully saturated rings. The van der Waals surface area contributed by atoms with Gasteiger partial charge in [-0.1, -0.05) is 6.92 Å². The number of rotatable bonds is 7. The smallest absolute Gasteiger partial charge is 0.338 e. The van der Waals surface area contributed by atoms with Gasteiger partial charge in [0.05, 0.1) is 29.1 Å². The van der Waals surface area contributed by atoms with Gasteiger partial charge in [-0.05, 0) is 61.0 Å². The van der Waals surface area contributed by atoms with Gasteiger partial charge in [0.15, 0.2) is 29.1 Å². The molecule has 1 amide bonds. The van der Waals surface area contributed by atoms with Gasteiger partial charge in [0.25, 0.3) is 5.91 Å². The van der Waals surface area contributed by atoms with Crippen molar-refractivity contribution in [2.45, 2.75) is 19.4 Å². The first kappa shape index (κ1) is 23.3. The van der Waals surface area contributed by atoms with E-state index < -0.39 is 18.0 Å². The molecule has 10 heteroatoms. The van der Waals surface area contributed by atoms with Crippen LogP contribution in [-0.4, -0.2) is 34.7 Å². The summed E-state index contributed by atoms with van der Waals surface area (Å²) >= 11 is 0. The summed E-state index contributed by atoms with van der Waals surface area (Å²) in [5.41, 5.74) is 2.73. The van der Waals surface area contributed by atoms with Gasteiger partial charge in [0, 0.05) is 11.8 Å². The molecule has 38 heavy (non-hydrogen) atoms. The Morgan fingerprint density at radius 2 is 1.61 bits per heavy atom. The molecule has 0 spiro atoms. The largest absolute Gasteiger partial charge is 0.463 e. The van der Waals surface area contributed by atoms with E-state index in [4.69, 9.17) is 33.0 Å². The fourth-order valence-corrected chi connectivity index (χ4v) is 4.07. The third kappa shape index (κ3) is 4.43. The van der Waals surface area contributed by atoms with Crippen LogP contribution < -0.4 is 14.8 Å². The number of nitrogens with zero attached hydrogens (tertiary/aromatic N) is 2. The molecule has 1 atom stereocenters. The fraction of sp³-hybridized carbons (Fsp3) is 0.143. The minimum absolute atomic E-state index is 0.130. The first-order valence-electron chi connectivity index (χ1n) is 11.9. The maximum atomic E-state index is 13.0. The number of furan rings is 2. The van der Waals surface area contributed by atoms with Crippen LogP contribution in [-0.2, 0) is 9.53 Å². The SMILES string of the molecule is CCC(OC(=O)c1ccc2nc(-c3ccco3)c(-c3ccco3)nc2c1)C(=O)Nc1ccc2c(c1)OCO2. The highest BCUT2D eigenvalue weighted by Crippen LogP contribution is 2.34. The van der Waals surface area contributed by atoms with E-state index in [2.05, 4.69) is 5.32 Å². The van der Waals surface area contributed by atoms with Crippen LogP contribution in [0.5, 0.6) is 11.5 Å². The Balaban J connectivity index is 1.24. The van der Waals surface area contributed by atoms with Crippen molar-refractivity contribution in [3.05, 3.63) is 78.8 Å². The van der Waals surface area contributed by atoms with E-state index in [9.17, 15) is 9.59 Å². The van der Waals surface area contributed by atoms with Gasteiger partial charge in [-0.15, -0.1) is 0 Å². The van der Waals surface area contributed by atoms with Crippen LogP contribution in [0.15, 0.2) is 82.0 Å². The highest BCUT2D eigenvalue weighted by molar-refractivity contribution is 5.99. The second-order valence-corrected chi connectivity index (χ2v) is 8.44. The van der Waals surface area contributed by atoms with Crippen molar-refractivity contribution in [2.24, 2.45) is 0 Å². The molecule has 2 aromatic carbocycles. The zero-order valence-electron chi connectivity index (χ0n) is 20.2. The summed E-state index contributed by atoms with van der Waals surface area (Å²) in [5, 5.41) is 2.76. The second kappa shape index (κ2) is 9.74. The van der Waals surface area contributed by atoms with Crippen LogP contribution in [0.3, 0.4) is 0 Å². The molecule has 1 aliphatic rings. The Hall–Kier alpha value is -5.12. The molecule has 0 saturated heterocycles. The molecule has 4 heterocycles. The molecule has 0 bridgehead atoms. The Morgan fingerprint density at radius 1 is 0.895 bits per heavy atom. The van der Waals surface area contributed by atoms with E-state index in [0.29, 0.717) is 51.1 Å². The average molecular weight is 511 g/mol. The zero-order valence-corrected chi connectivity index (χ0v) is 20.2. The first-order chi connectivity index (χ1) is 18.6. The van der Waals surface area contributed by atoms with Gasteiger partial charge in [0.2, 0.25) is 6.79 Å². The summed E-state index contributed by atoms with van der Waals surface area (Å²) in [6, 6.07) is 16.9. The van der Waals surface area contributed by atoms with E-state index in [1.54, 1.807) is 80.1 Å². The second-order valence-electron chi connectivity index (χ2n) is 8.44. The van der Waals surface area contributed by atoms with Crippen molar-refractivity contribution in [1.82, 2.24) is 9.97 Å². The number of esters is 1. The highest BCUT2D eigenvalue weighted by Gasteiger charge is 2.24. The molecule has 0 aliphatic carbocycles. The number of nitrogens with one attached hydrogen (secondary N) is 1. The predicted molar refractivity (Wildman–Crippen MR) is 136 cm³/mol. The monoisotopic (exact) mass is 511 g/mol. The number of carbonyl (C=O) groups excluding carboxylic acids is 2. The molecule has 190 valence electrons. The van der Waals surface area contributed by atoms with E-state index in [0.717, 1.165) is 0 Å². The number of ether oxygens (including phenoxy) is 3. The quantitative estimate of drug-likeness (QED) is 0.284. The highest BCUT2D eigenvalue weighted by atomic mass is 16.7. The van der Waals surface area contributed by atoms with E-state index in [-0.39, 0.29) is 18.8 Å². The van der Waals surface area contributed by atoms with Gasteiger partial charge in [-0.3, -0.25) is 4.79 Å². The number of aromatic nitrogens is 2. The van der Waals surface area contributed by atoms with Crippen molar-refractivity contribution < 1.29 is 32.6 Å². The normalized spacial score (nSPS) is 12.9. The minimum Gasteiger partial charge on any atom is -0.463 e. The van der Waals surface area contributed by atoms with Crippen molar-refractivity contribution in [3.8, 4) is 34.4 Å². The molecule has 1 aliphatic heterocycles. The molecule has 5 aromatic rings. The Morgan fingerprint density at radius 3 is 2.29 bits per heavy atom. The molecule has 3 aromatic heterocycles. The minimum atomic E-state index is -1.00. The summed E-state index contributed by atoms with van der Waals surface area (Å²) < 4.78 is 27.3. The summed E-state index contributed by atoms with van der Waals surface area (Å²) in [6.45, 7) is 1.89. The van der Waals surface area contributed by atoms with E-state index in [1.165, 1.54) is 0 Å². The Kier molecular flexibility index (Phi) is 5.97. The van der Waals surface area contributed by atoms with Crippen molar-refractivity contribution in [2.75, 3.05) is 12.1 Å². The Labute approximate surface area is 216 Å². The predicted octanol–water partition coefficient (Wildman–Crippen LogP) is 5.45. The molecule has 6 rings (SSSR count). The molecular weight excluding hydrogens is 490 g/mol. The number of anilines is 1. The van der Waals surface area contributed by atoms with E-state index >= 15 is 0 Å². The van der Waals surface area contributed by atoms with Crippen LogP contribution >= 0.6 is 0 Å². The topological polar surface area (TPSA) is 126 Å². The number of fused-ring (bicyclic) bond motifs is 2. The van der Waals surface area contributed by atoms with Gasteiger partial charge >= 0.3 is 5.97 Å². The number of hydrogen-bond acceptors (Lipinski definition) is 9. The lowest BCUT2D eigenvalue weighted by atomic mass is 10.1. The summed E-state index contributed by atoms with van der Waals surface area (Å²) in [6.07, 6.45) is 2.37. The van der Waals surface area contributed by atoms with E-state index in [1.807, 2.05) is 0 Å². The van der Waals surface area contributed by atoms with Crippen LogP contribution in [0, 0.1) is 0 Å². The molecule has 1 N–H and O–H groups in total.